The maximum atomic E-state index is 13.2. The second-order valence-electron chi connectivity index (χ2n) is 12.0. The molecule has 17 heteroatoms. The lowest BCUT2D eigenvalue weighted by Crippen LogP contribution is -2.47. The van der Waals surface area contributed by atoms with E-state index in [9.17, 15) is 33.9 Å². The van der Waals surface area contributed by atoms with Crippen molar-refractivity contribution in [2.45, 2.75) is 64.7 Å². The zero-order chi connectivity index (χ0) is 36.1. The number of Topliss-reactive ketones (excluding diaryl/α,β-unsaturated/α-hetero) is 1. The zero-order valence-corrected chi connectivity index (χ0v) is 27.8. The van der Waals surface area contributed by atoms with E-state index in [-0.39, 0.29) is 66.6 Å². The number of rotatable bonds is 19. The Hall–Kier alpha value is -5.42. The summed E-state index contributed by atoms with van der Waals surface area (Å²) in [6, 6.07) is 5.81. The molecule has 2 aromatic heterocycles. The van der Waals surface area contributed by atoms with Crippen LogP contribution in [0.2, 0.25) is 0 Å². The third-order valence-electron chi connectivity index (χ3n) is 7.39. The number of ketones is 1. The van der Waals surface area contributed by atoms with E-state index in [0.29, 0.717) is 12.0 Å². The van der Waals surface area contributed by atoms with Crippen LogP contribution >= 0.6 is 0 Å². The fraction of sp³-hybridized carbons (Fsp3) is 0.438. The van der Waals surface area contributed by atoms with E-state index in [0.717, 1.165) is 0 Å². The van der Waals surface area contributed by atoms with Crippen molar-refractivity contribution in [2.24, 2.45) is 11.7 Å². The monoisotopic (exact) mass is 680 g/mol. The van der Waals surface area contributed by atoms with Gasteiger partial charge in [0.1, 0.15) is 17.4 Å². The number of nitrogens with zero attached hydrogens (tertiary/aromatic N) is 2. The Morgan fingerprint density at radius 2 is 1.37 bits per heavy atom. The van der Waals surface area contributed by atoms with E-state index >= 15 is 0 Å². The largest absolute Gasteiger partial charge is 0.480 e. The summed E-state index contributed by atoms with van der Waals surface area (Å²) in [5.41, 5.74) is 5.60. The van der Waals surface area contributed by atoms with Crippen molar-refractivity contribution in [2.75, 3.05) is 19.6 Å². The minimum atomic E-state index is -1.25. The van der Waals surface area contributed by atoms with Crippen LogP contribution < -0.4 is 32.3 Å². The Kier molecular flexibility index (Phi) is 14.1. The smallest absolute Gasteiger partial charge is 0.326 e. The molecule has 0 unspecified atom stereocenters. The average Bonchev–Trinajstić information content (AvgIpc) is 3.75. The Morgan fingerprint density at radius 1 is 0.796 bits per heavy atom. The van der Waals surface area contributed by atoms with Crippen LogP contribution in [0, 0.1) is 5.92 Å². The summed E-state index contributed by atoms with van der Waals surface area (Å²) in [7, 11) is 0. The summed E-state index contributed by atoms with van der Waals surface area (Å²) < 4.78 is 0. The molecule has 0 aliphatic rings. The molecule has 3 aromatic rings. The molecule has 10 N–H and O–H groups in total. The number of hydrogen-bond acceptors (Lipinski definition) is 10. The number of nitrogens with one attached hydrogen (secondary N) is 7. The van der Waals surface area contributed by atoms with Gasteiger partial charge in [-0.05, 0) is 31.7 Å². The van der Waals surface area contributed by atoms with E-state index in [1.165, 1.54) is 19.6 Å². The van der Waals surface area contributed by atoms with Crippen molar-refractivity contribution in [3.8, 4) is 0 Å². The summed E-state index contributed by atoms with van der Waals surface area (Å²) in [6.45, 7) is 7.33. The molecule has 264 valence electrons. The van der Waals surface area contributed by atoms with Gasteiger partial charge in [-0.25, -0.2) is 14.8 Å². The molecule has 0 saturated carbocycles. The van der Waals surface area contributed by atoms with Gasteiger partial charge in [0.25, 0.3) is 23.6 Å². The average molecular weight is 681 g/mol. The molecular formula is C32H44N10O7. The highest BCUT2D eigenvalue weighted by Gasteiger charge is 2.28. The number of carboxylic acid groups (broad SMARTS) is 1. The first-order valence-corrected chi connectivity index (χ1v) is 15.8. The Labute approximate surface area is 283 Å². The molecule has 0 aliphatic heterocycles. The molecule has 0 spiro atoms. The van der Waals surface area contributed by atoms with Crippen molar-refractivity contribution in [1.82, 2.24) is 46.5 Å². The van der Waals surface area contributed by atoms with Crippen LogP contribution in [-0.4, -0.2) is 104 Å². The number of benzene rings is 1. The van der Waals surface area contributed by atoms with E-state index in [1.807, 2.05) is 13.8 Å². The molecule has 49 heavy (non-hydrogen) atoms. The van der Waals surface area contributed by atoms with Gasteiger partial charge in [0.15, 0.2) is 17.2 Å². The number of carbonyl (C=O) groups is 6. The number of nitrogens with two attached hydrogens (primary N) is 1. The lowest BCUT2D eigenvalue weighted by Gasteiger charge is -2.21. The first kappa shape index (κ1) is 38.0. The minimum Gasteiger partial charge on any atom is -0.480 e. The summed E-state index contributed by atoms with van der Waals surface area (Å²) in [5, 5.41) is 23.1. The number of amides is 4. The van der Waals surface area contributed by atoms with Crippen molar-refractivity contribution in [1.29, 1.82) is 0 Å². The van der Waals surface area contributed by atoms with E-state index in [1.54, 1.807) is 37.3 Å². The molecule has 4 atom stereocenters. The summed E-state index contributed by atoms with van der Waals surface area (Å²) in [4.78, 5) is 89.4. The van der Waals surface area contributed by atoms with Gasteiger partial charge in [-0.15, -0.1) is 0 Å². The van der Waals surface area contributed by atoms with Crippen LogP contribution in [0.5, 0.6) is 0 Å². The predicted molar refractivity (Wildman–Crippen MR) is 178 cm³/mol. The van der Waals surface area contributed by atoms with Crippen molar-refractivity contribution < 1.29 is 33.9 Å². The first-order chi connectivity index (χ1) is 23.3. The molecule has 17 nitrogen and oxygen atoms in total. The molecule has 4 amide bonds. The standard InChI is InChI=1S/C32H44N10O7/c1-17(2)10-21(13-34-14-23(43)19(4)40-29(45)25-24(35-15-36-25)28(44)39-18(3)12-33)41-30(46)26-27(38-16-37-26)31(47)42-22(32(48)49)11-20-8-6-5-7-9-20/h5-9,15-19,21-22,34H,10-14,33H2,1-4H3,(H,35,36)(H,37,38)(H,39,44)(H,40,45)(H,41,46)(H,42,47)(H,48,49)/t18-,19-,21-,22-/m0/s1. The summed E-state index contributed by atoms with van der Waals surface area (Å²) in [5.74, 6) is -4.20. The number of aliphatic carboxylic acids is 1. The topological polar surface area (TPSA) is 266 Å². The van der Waals surface area contributed by atoms with E-state index in [4.69, 9.17) is 5.73 Å². The van der Waals surface area contributed by atoms with Crippen LogP contribution in [0.15, 0.2) is 43.0 Å². The number of aromatic amines is 2. The lowest BCUT2D eigenvalue weighted by atomic mass is 10.0. The number of carboxylic acids is 1. The fourth-order valence-electron chi connectivity index (χ4n) is 4.80. The summed E-state index contributed by atoms with van der Waals surface area (Å²) in [6.07, 6.45) is 2.92. The van der Waals surface area contributed by atoms with Crippen molar-refractivity contribution in [3.63, 3.8) is 0 Å². The highest BCUT2D eigenvalue weighted by molar-refractivity contribution is 6.06. The summed E-state index contributed by atoms with van der Waals surface area (Å²) >= 11 is 0. The quantitative estimate of drug-likeness (QED) is 0.0797. The van der Waals surface area contributed by atoms with Gasteiger partial charge in [-0.1, -0.05) is 44.2 Å². The number of imidazole rings is 2. The number of aromatic nitrogens is 4. The SMILES string of the molecule is CC(C)C[C@@H](CNCC(=O)[C@H](C)NC(=O)c1[nH]cnc1C(=O)N[C@@H](C)CN)NC(=O)c1nc[nH]c1C(=O)N[C@@H](Cc1ccccc1)C(=O)O. The molecule has 0 aliphatic carbocycles. The zero-order valence-electron chi connectivity index (χ0n) is 27.8. The Bertz CT molecular complexity index is 1600. The molecule has 3 rings (SSSR count). The highest BCUT2D eigenvalue weighted by atomic mass is 16.4. The molecular weight excluding hydrogens is 636 g/mol. The van der Waals surface area contributed by atoms with Crippen LogP contribution in [-0.2, 0) is 16.0 Å². The second kappa shape index (κ2) is 18.2. The number of H-pyrrole nitrogens is 2. The van der Waals surface area contributed by atoms with E-state index < -0.39 is 47.7 Å². The molecule has 0 saturated heterocycles. The van der Waals surface area contributed by atoms with Gasteiger partial charge in [0.2, 0.25) is 0 Å². The lowest BCUT2D eigenvalue weighted by molar-refractivity contribution is -0.139. The molecule has 0 radical (unpaired) electrons. The Morgan fingerprint density at radius 3 is 1.92 bits per heavy atom. The van der Waals surface area contributed by atoms with E-state index in [2.05, 4.69) is 46.5 Å². The van der Waals surface area contributed by atoms with Crippen molar-refractivity contribution >= 4 is 35.4 Å². The maximum absolute atomic E-state index is 13.2. The molecule has 0 bridgehead atoms. The van der Waals surface area contributed by atoms with Crippen LogP contribution in [0.4, 0.5) is 0 Å². The fourth-order valence-corrected chi connectivity index (χ4v) is 4.80. The van der Waals surface area contributed by atoms with Gasteiger partial charge >= 0.3 is 5.97 Å². The Balaban J connectivity index is 1.56. The molecule has 1 aromatic carbocycles. The van der Waals surface area contributed by atoms with Gasteiger partial charge < -0.3 is 47.4 Å². The maximum Gasteiger partial charge on any atom is 0.326 e. The number of hydrogen-bond donors (Lipinski definition) is 9. The second-order valence-corrected chi connectivity index (χ2v) is 12.0. The van der Waals surface area contributed by atoms with Crippen LogP contribution in [0.1, 0.15) is 81.6 Å². The highest BCUT2D eigenvalue weighted by Crippen LogP contribution is 2.10. The van der Waals surface area contributed by atoms with Gasteiger partial charge in [-0.2, -0.15) is 0 Å². The van der Waals surface area contributed by atoms with Gasteiger partial charge in [0, 0.05) is 31.6 Å². The first-order valence-electron chi connectivity index (χ1n) is 15.8. The minimum absolute atomic E-state index is 0.0384. The van der Waals surface area contributed by atoms with Gasteiger partial charge in [0.05, 0.1) is 25.2 Å². The third kappa shape index (κ3) is 11.4. The predicted octanol–water partition coefficient (Wildman–Crippen LogP) is -0.243. The van der Waals surface area contributed by atoms with Crippen molar-refractivity contribution in [3.05, 3.63) is 71.3 Å². The molecule has 0 fully saturated rings. The van der Waals surface area contributed by atoms with Crippen LogP contribution in [0.3, 0.4) is 0 Å². The number of carbonyl (C=O) groups excluding carboxylic acids is 5. The normalized spacial score (nSPS) is 13.5. The van der Waals surface area contributed by atoms with Crippen LogP contribution in [0.25, 0.3) is 0 Å². The molecule has 2 heterocycles. The third-order valence-corrected chi connectivity index (χ3v) is 7.39. The van der Waals surface area contributed by atoms with Gasteiger partial charge in [-0.3, -0.25) is 24.0 Å².